The second kappa shape index (κ2) is 12.8. The SMILES string of the molecule is CCCC1COC(C2CCC(c3cc(F)c(C(F)(F)Oc4cc(F)c(C(F)(F)OC(F)(F)F)c(F)c4)c(F)c3)CC2)OC1. The monoisotopic (exact) mass is 636 g/mol. The van der Waals surface area contributed by atoms with Crippen LogP contribution < -0.4 is 4.74 Å². The Balaban J connectivity index is 1.45. The Labute approximate surface area is 239 Å². The predicted molar refractivity (Wildman–Crippen MR) is 127 cm³/mol. The van der Waals surface area contributed by atoms with Gasteiger partial charge in [0.1, 0.15) is 40.1 Å². The van der Waals surface area contributed by atoms with Crippen molar-refractivity contribution >= 4 is 0 Å². The lowest BCUT2D eigenvalue weighted by Gasteiger charge is -2.37. The Morgan fingerprint density at radius 2 is 1.21 bits per heavy atom. The molecule has 15 heteroatoms. The van der Waals surface area contributed by atoms with E-state index in [2.05, 4.69) is 16.4 Å². The fraction of sp³-hybridized carbons (Fsp3) is 0.571. The molecule has 1 saturated heterocycles. The Bertz CT molecular complexity index is 1220. The number of halogens is 11. The Morgan fingerprint density at radius 1 is 0.721 bits per heavy atom. The zero-order chi connectivity index (χ0) is 31.7. The van der Waals surface area contributed by atoms with Crippen LogP contribution in [0.3, 0.4) is 0 Å². The molecule has 2 fully saturated rings. The fourth-order valence-corrected chi connectivity index (χ4v) is 5.52. The van der Waals surface area contributed by atoms with E-state index in [1.54, 1.807) is 0 Å². The van der Waals surface area contributed by atoms with E-state index in [1.165, 1.54) is 0 Å². The van der Waals surface area contributed by atoms with Crippen LogP contribution in [0.15, 0.2) is 24.3 Å². The van der Waals surface area contributed by atoms with E-state index in [9.17, 15) is 48.3 Å². The van der Waals surface area contributed by atoms with E-state index < -0.39 is 65.0 Å². The first-order chi connectivity index (χ1) is 20.0. The predicted octanol–water partition coefficient (Wildman–Crippen LogP) is 9.02. The summed E-state index contributed by atoms with van der Waals surface area (Å²) in [5.74, 6) is -9.93. The van der Waals surface area contributed by atoms with Crippen LogP contribution in [0.25, 0.3) is 0 Å². The van der Waals surface area contributed by atoms with E-state index >= 15 is 0 Å². The van der Waals surface area contributed by atoms with Crippen LogP contribution in [0.1, 0.15) is 68.1 Å². The third-order valence-corrected chi connectivity index (χ3v) is 7.47. The maximum atomic E-state index is 14.9. The van der Waals surface area contributed by atoms with Crippen molar-refractivity contribution in [3.05, 3.63) is 64.2 Å². The zero-order valence-corrected chi connectivity index (χ0v) is 22.6. The van der Waals surface area contributed by atoms with E-state index in [4.69, 9.17) is 9.47 Å². The van der Waals surface area contributed by atoms with Gasteiger partial charge in [-0.1, -0.05) is 13.3 Å². The van der Waals surface area contributed by atoms with E-state index in [-0.39, 0.29) is 29.5 Å². The highest BCUT2D eigenvalue weighted by Crippen LogP contribution is 2.44. The fourth-order valence-electron chi connectivity index (χ4n) is 5.52. The Hall–Kier alpha value is -2.65. The highest BCUT2D eigenvalue weighted by atomic mass is 19.4. The molecule has 2 aromatic carbocycles. The molecule has 0 N–H and O–H groups in total. The summed E-state index contributed by atoms with van der Waals surface area (Å²) in [6, 6.07) is 0.768. The smallest absolute Gasteiger partial charge is 0.429 e. The van der Waals surface area contributed by atoms with Crippen molar-refractivity contribution < 1.29 is 67.2 Å². The molecule has 0 unspecified atom stereocenters. The summed E-state index contributed by atoms with van der Waals surface area (Å²) in [6.07, 6.45) is -12.8. The summed E-state index contributed by atoms with van der Waals surface area (Å²) in [6.45, 7) is 3.22. The van der Waals surface area contributed by atoms with Crippen molar-refractivity contribution in [2.75, 3.05) is 13.2 Å². The molecule has 43 heavy (non-hydrogen) atoms. The van der Waals surface area contributed by atoms with Gasteiger partial charge in [-0.2, -0.15) is 17.6 Å². The summed E-state index contributed by atoms with van der Waals surface area (Å²) in [5.41, 5.74) is -4.37. The molecule has 1 aliphatic carbocycles. The minimum absolute atomic E-state index is 0.0534. The minimum Gasteiger partial charge on any atom is -0.429 e. The molecular formula is C28H27F11O4. The van der Waals surface area contributed by atoms with Gasteiger partial charge in [-0.15, -0.1) is 13.2 Å². The number of benzene rings is 2. The highest BCUT2D eigenvalue weighted by Gasteiger charge is 2.50. The van der Waals surface area contributed by atoms with Crippen molar-refractivity contribution in [3.63, 3.8) is 0 Å². The number of ether oxygens (including phenoxy) is 4. The van der Waals surface area contributed by atoms with Crippen LogP contribution in [-0.4, -0.2) is 25.9 Å². The zero-order valence-electron chi connectivity index (χ0n) is 22.6. The number of hydrogen-bond acceptors (Lipinski definition) is 4. The molecule has 1 aliphatic heterocycles. The summed E-state index contributed by atoms with van der Waals surface area (Å²) in [7, 11) is 0. The molecule has 0 spiro atoms. The number of rotatable bonds is 9. The third kappa shape index (κ3) is 7.90. The molecule has 0 aromatic heterocycles. The van der Waals surface area contributed by atoms with Crippen molar-refractivity contribution in [2.24, 2.45) is 11.8 Å². The van der Waals surface area contributed by atoms with Gasteiger partial charge >= 0.3 is 18.6 Å². The summed E-state index contributed by atoms with van der Waals surface area (Å²) < 4.78 is 170. The van der Waals surface area contributed by atoms with E-state index in [0.717, 1.165) is 12.8 Å². The quantitative estimate of drug-likeness (QED) is 0.258. The van der Waals surface area contributed by atoms with Gasteiger partial charge in [0.25, 0.3) is 0 Å². The van der Waals surface area contributed by atoms with E-state index in [0.29, 0.717) is 56.9 Å². The van der Waals surface area contributed by atoms with Crippen LogP contribution in [-0.2, 0) is 26.4 Å². The van der Waals surface area contributed by atoms with Gasteiger partial charge in [0.05, 0.1) is 13.2 Å². The minimum atomic E-state index is -6.01. The molecule has 4 rings (SSSR count). The normalized spacial score (nSPS) is 23.8. The third-order valence-electron chi connectivity index (χ3n) is 7.47. The number of hydrogen-bond donors (Lipinski definition) is 0. The number of alkyl halides is 7. The van der Waals surface area contributed by atoms with Gasteiger partial charge < -0.3 is 14.2 Å². The van der Waals surface area contributed by atoms with Crippen LogP contribution in [0.5, 0.6) is 5.75 Å². The summed E-state index contributed by atoms with van der Waals surface area (Å²) >= 11 is 0. The second-order valence-electron chi connectivity index (χ2n) is 10.6. The Kier molecular flexibility index (Phi) is 9.86. The molecule has 240 valence electrons. The second-order valence-corrected chi connectivity index (χ2v) is 10.6. The average molecular weight is 636 g/mol. The van der Waals surface area contributed by atoms with Crippen LogP contribution in [0, 0.1) is 35.1 Å². The summed E-state index contributed by atoms with van der Waals surface area (Å²) in [4.78, 5) is 0. The first kappa shape index (κ1) is 33.2. The molecule has 2 aliphatic rings. The molecule has 1 heterocycles. The van der Waals surface area contributed by atoms with Crippen molar-refractivity contribution in [2.45, 2.75) is 76.2 Å². The summed E-state index contributed by atoms with van der Waals surface area (Å²) in [5, 5.41) is 0. The molecule has 2 aromatic rings. The van der Waals surface area contributed by atoms with Gasteiger partial charge in [0.15, 0.2) is 6.29 Å². The first-order valence-electron chi connectivity index (χ1n) is 13.4. The largest absolute Gasteiger partial charge is 0.527 e. The van der Waals surface area contributed by atoms with Gasteiger partial charge in [0, 0.05) is 24.0 Å². The van der Waals surface area contributed by atoms with E-state index in [1.807, 2.05) is 0 Å². The molecule has 4 nitrogen and oxygen atoms in total. The van der Waals surface area contributed by atoms with Crippen LogP contribution in [0.4, 0.5) is 48.3 Å². The molecular weight excluding hydrogens is 609 g/mol. The lowest BCUT2D eigenvalue weighted by molar-refractivity contribution is -0.432. The van der Waals surface area contributed by atoms with Gasteiger partial charge in [-0.3, -0.25) is 0 Å². The van der Waals surface area contributed by atoms with Crippen molar-refractivity contribution in [1.29, 1.82) is 0 Å². The Morgan fingerprint density at radius 3 is 1.70 bits per heavy atom. The maximum Gasteiger partial charge on any atom is 0.527 e. The molecule has 0 amide bonds. The molecule has 0 bridgehead atoms. The maximum absolute atomic E-state index is 14.9. The lowest BCUT2D eigenvalue weighted by Crippen LogP contribution is -2.38. The van der Waals surface area contributed by atoms with Gasteiger partial charge in [-0.25, -0.2) is 22.3 Å². The van der Waals surface area contributed by atoms with Crippen LogP contribution >= 0.6 is 0 Å². The molecule has 1 saturated carbocycles. The van der Waals surface area contributed by atoms with Gasteiger partial charge in [0.2, 0.25) is 0 Å². The molecule has 0 radical (unpaired) electrons. The highest BCUT2D eigenvalue weighted by molar-refractivity contribution is 5.35. The van der Waals surface area contributed by atoms with Crippen molar-refractivity contribution in [1.82, 2.24) is 0 Å². The first-order valence-corrected chi connectivity index (χ1v) is 13.4. The van der Waals surface area contributed by atoms with Gasteiger partial charge in [-0.05, 0) is 55.7 Å². The topological polar surface area (TPSA) is 36.9 Å². The van der Waals surface area contributed by atoms with Crippen LogP contribution in [0.2, 0.25) is 0 Å². The molecule has 0 atom stereocenters. The standard InChI is InChI=1S/C28H27F11O4/c1-2-3-14-12-40-25(41-13-14)16-6-4-15(5-7-16)17-8-19(29)23(20(30)9-17)26(33,34)42-18-10-21(31)24(22(32)11-18)27(35,36)43-28(37,38)39/h8-11,14-16,25H,2-7,12-13H2,1H3. The lowest BCUT2D eigenvalue weighted by atomic mass is 9.78. The average Bonchev–Trinajstić information content (AvgIpc) is 2.86. The van der Waals surface area contributed by atoms with Crippen molar-refractivity contribution in [3.8, 4) is 5.75 Å².